The van der Waals surface area contributed by atoms with E-state index in [2.05, 4.69) is 65.8 Å². The number of aliphatic carboxylic acids is 5. The fourth-order valence-corrected chi connectivity index (χ4v) is 8.81. The van der Waals surface area contributed by atoms with Gasteiger partial charge in [-0.3, -0.25) is 86.3 Å². The van der Waals surface area contributed by atoms with Gasteiger partial charge in [-0.05, 0) is 81.1 Å². The van der Waals surface area contributed by atoms with Gasteiger partial charge in [0.05, 0.1) is 25.6 Å². The Morgan fingerprint density at radius 3 is 1.25 bits per heavy atom. The minimum Gasteiger partial charge on any atom is -0.508 e. The SMILES string of the molecule is CC(=O)O.CSCC[C@H](NC(=O)[C@H](CS)NC(=O)CNC(=O)[C@H](Cc1ccc(O)cc1)NC(=O)[C@H](CCC(=O)O)NC(=O)CNC(=O)[C@H](C)NC(=O)[C@H](CC(=O)O)NC(=O)[C@H](CCC(=O)O)NC(=O)[C@H](CCC(=O)O)NC(=O)[C@H](CCC(N)=O)NC(=O)[C@@H](N)CC(C)C)C(N)=O. The lowest BCUT2D eigenvalue weighted by Gasteiger charge is -2.26. The molecule has 0 aromatic heterocycles. The number of nitrogens with two attached hydrogens (primary N) is 3. The number of hydrogen-bond donors (Lipinski definition) is 21. The number of nitrogens with one attached hydrogen (secondary N) is 11. The van der Waals surface area contributed by atoms with Gasteiger partial charge in [-0.25, -0.2) is 0 Å². The van der Waals surface area contributed by atoms with Crippen molar-refractivity contribution in [3.05, 3.63) is 29.8 Å². The van der Waals surface area contributed by atoms with Gasteiger partial charge in [0, 0.05) is 44.8 Å². The average molecular weight is 1400 g/mol. The van der Waals surface area contributed by atoms with Crippen LogP contribution in [0.25, 0.3) is 0 Å². The Morgan fingerprint density at radius 1 is 0.469 bits per heavy atom. The Balaban J connectivity index is 0.0000219. The van der Waals surface area contributed by atoms with Crippen LogP contribution in [0.3, 0.4) is 0 Å². The predicted octanol–water partition coefficient (Wildman–Crippen LogP) is -6.48. The predicted molar refractivity (Wildman–Crippen MR) is 339 cm³/mol. The largest absolute Gasteiger partial charge is 0.508 e. The van der Waals surface area contributed by atoms with E-state index in [1.54, 1.807) is 20.1 Å². The third-order valence-electron chi connectivity index (χ3n) is 13.0. The number of rotatable bonds is 45. The third kappa shape index (κ3) is 37.7. The first-order valence-corrected chi connectivity index (χ1v) is 31.4. The number of primary amides is 2. The fraction of sp³-hybridized carbons (Fsp3) is 0.571. The third-order valence-corrected chi connectivity index (χ3v) is 14.0. The van der Waals surface area contributed by atoms with Crippen LogP contribution in [0.1, 0.15) is 104 Å². The molecule has 1 aromatic carbocycles. The summed E-state index contributed by atoms with van der Waals surface area (Å²) in [6.45, 7) is 3.86. The molecule has 10 atom stereocenters. The van der Waals surface area contributed by atoms with Gasteiger partial charge in [0.25, 0.3) is 5.97 Å². The second-order valence-corrected chi connectivity index (χ2v) is 23.0. The van der Waals surface area contributed by atoms with Gasteiger partial charge in [0.15, 0.2) is 0 Å². The maximum atomic E-state index is 13.8. The molecule has 13 amide bonds. The number of thioether (sulfide) groups is 1. The molecule has 536 valence electrons. The van der Waals surface area contributed by atoms with Crippen LogP contribution in [-0.4, -0.2) is 229 Å². The van der Waals surface area contributed by atoms with Gasteiger partial charge in [-0.1, -0.05) is 26.0 Å². The van der Waals surface area contributed by atoms with E-state index in [1.165, 1.54) is 36.0 Å². The van der Waals surface area contributed by atoms with Crippen LogP contribution in [-0.2, 0) is 92.7 Å². The topological polar surface area (TPSA) is 639 Å². The Morgan fingerprint density at radius 2 is 0.844 bits per heavy atom. The summed E-state index contributed by atoms with van der Waals surface area (Å²) in [6, 6.07) is -10.7. The number of phenols is 1. The lowest BCUT2D eigenvalue weighted by Crippen LogP contribution is -2.59. The standard InChI is InChI=1S/C54H82N14O22S2.C2H4O2/c1-25(2)19-29(55)47(83)64-32(9-13-38(56)70)50(86)65-33(11-15-42(75)76)51(87)66-34(12-16-43(77)78)52(88)68-36(21-44(79)80)53(89)60-26(3)46(82)58-22-39(71)61-31(10-14-41(73)74)49(85)67-35(20-27-5-7-28(69)8-6-27)48(84)59-23-40(72)62-37(24-91)54(90)63-30(45(57)81)17-18-92-4;1-2(3)4/h5-8,25-26,29-37,69,91H,9-24,55H2,1-4H3,(H2,56,70)(H2,57,81)(H,58,82)(H,59,84)(H,60,89)(H,61,71)(H,62,72)(H,63,90)(H,64,83)(H,65,86)(H,66,87)(H,67,85)(H,68,88)(H,73,74)(H,75,76)(H,77,78)(H,79,80);1H3,(H,3,4)/t26-,29-,30-,31-,32-,33-,34-,35-,36-,37-;/m0./s1. The van der Waals surface area contributed by atoms with E-state index >= 15 is 0 Å². The molecule has 96 heavy (non-hydrogen) atoms. The molecule has 0 heterocycles. The molecule has 0 aliphatic heterocycles. The van der Waals surface area contributed by atoms with Crippen molar-refractivity contribution < 1.29 is 117 Å². The zero-order valence-electron chi connectivity index (χ0n) is 53.1. The highest BCUT2D eigenvalue weighted by Crippen LogP contribution is 2.14. The van der Waals surface area contributed by atoms with Crippen LogP contribution in [0.2, 0.25) is 0 Å². The molecule has 0 radical (unpaired) electrons. The summed E-state index contributed by atoms with van der Waals surface area (Å²) in [5, 5.41) is 80.0. The number of carbonyl (C=O) groups excluding carboxylic acids is 13. The summed E-state index contributed by atoms with van der Waals surface area (Å²) in [4.78, 5) is 227. The summed E-state index contributed by atoms with van der Waals surface area (Å²) < 4.78 is 0. The first-order valence-electron chi connectivity index (χ1n) is 29.3. The molecule has 1 aromatic rings. The highest BCUT2D eigenvalue weighted by Gasteiger charge is 2.35. The normalized spacial score (nSPS) is 13.8. The molecular formula is C56H86N14O24S2. The van der Waals surface area contributed by atoms with Gasteiger partial charge in [0.1, 0.15) is 60.1 Å². The molecule has 0 saturated heterocycles. The maximum Gasteiger partial charge on any atom is 0.305 e. The van der Waals surface area contributed by atoms with Gasteiger partial charge in [0.2, 0.25) is 76.8 Å². The second kappa shape index (κ2) is 45.5. The number of phenolic OH excluding ortho intramolecular Hbond substituents is 1. The number of benzene rings is 1. The molecule has 0 saturated carbocycles. The van der Waals surface area contributed by atoms with Crippen molar-refractivity contribution in [3.63, 3.8) is 0 Å². The maximum absolute atomic E-state index is 13.8. The molecule has 38 nitrogen and oxygen atoms in total. The highest BCUT2D eigenvalue weighted by atomic mass is 32.2. The van der Waals surface area contributed by atoms with Crippen molar-refractivity contribution in [2.75, 3.05) is 30.9 Å². The first kappa shape index (κ1) is 86.1. The van der Waals surface area contributed by atoms with Crippen molar-refractivity contribution in [2.45, 2.75) is 165 Å². The number of amides is 13. The van der Waals surface area contributed by atoms with Gasteiger partial charge in [-0.2, -0.15) is 24.4 Å². The lowest BCUT2D eigenvalue weighted by molar-refractivity contribution is -0.142. The van der Waals surface area contributed by atoms with E-state index in [-0.39, 0.29) is 36.7 Å². The zero-order valence-corrected chi connectivity index (χ0v) is 54.8. The lowest BCUT2D eigenvalue weighted by atomic mass is 10.0. The molecule has 0 bridgehead atoms. The number of carbonyl (C=O) groups is 18. The van der Waals surface area contributed by atoms with E-state index in [9.17, 15) is 107 Å². The zero-order chi connectivity index (χ0) is 73.5. The fourth-order valence-electron chi connectivity index (χ4n) is 8.08. The summed E-state index contributed by atoms with van der Waals surface area (Å²) in [6.07, 6.45) is -4.77. The van der Waals surface area contributed by atoms with Crippen LogP contribution in [0.4, 0.5) is 0 Å². The van der Waals surface area contributed by atoms with E-state index in [0.717, 1.165) is 13.8 Å². The van der Waals surface area contributed by atoms with Crippen LogP contribution < -0.4 is 75.7 Å². The summed E-state index contributed by atoms with van der Waals surface area (Å²) in [5.41, 5.74) is 16.9. The van der Waals surface area contributed by atoms with Crippen molar-refractivity contribution in [3.8, 4) is 5.75 Å². The minimum absolute atomic E-state index is 0.0720. The summed E-state index contributed by atoms with van der Waals surface area (Å²) in [7, 11) is 0. The number of hydrogen-bond acceptors (Lipinski definition) is 22. The van der Waals surface area contributed by atoms with E-state index < -0.39 is 238 Å². The van der Waals surface area contributed by atoms with Crippen molar-refractivity contribution in [1.29, 1.82) is 0 Å². The smallest absolute Gasteiger partial charge is 0.305 e. The van der Waals surface area contributed by atoms with Gasteiger partial charge in [-0.15, -0.1) is 0 Å². The Labute approximate surface area is 559 Å². The summed E-state index contributed by atoms with van der Waals surface area (Å²) in [5.74, 6) is -21.0. The molecular weight excluding hydrogens is 1320 g/mol. The van der Waals surface area contributed by atoms with E-state index in [0.29, 0.717) is 11.3 Å². The van der Waals surface area contributed by atoms with Crippen LogP contribution >= 0.6 is 24.4 Å². The quantitative estimate of drug-likeness (QED) is 0.0270. The van der Waals surface area contributed by atoms with Gasteiger partial charge < -0.3 is 106 Å². The monoisotopic (exact) mass is 1400 g/mol. The number of carboxylic acids is 5. The number of thiol groups is 1. The van der Waals surface area contributed by atoms with Crippen molar-refractivity contribution in [2.24, 2.45) is 23.1 Å². The van der Waals surface area contributed by atoms with E-state index in [1.807, 2.05) is 5.32 Å². The number of aromatic hydroxyl groups is 1. The Hall–Kier alpha value is -9.86. The van der Waals surface area contributed by atoms with Crippen molar-refractivity contribution in [1.82, 2.24) is 58.5 Å². The average Bonchev–Trinajstić information content (AvgIpc) is 0.964. The van der Waals surface area contributed by atoms with E-state index in [4.69, 9.17) is 27.1 Å². The Kier molecular flexibility index (Phi) is 40.8. The number of carboxylic acid groups (broad SMARTS) is 5. The molecule has 40 heteroatoms. The first-order chi connectivity index (χ1) is 44.8. The minimum atomic E-state index is -2.10. The molecule has 0 fully saturated rings. The molecule has 23 N–H and O–H groups in total. The van der Waals surface area contributed by atoms with Crippen LogP contribution in [0.15, 0.2) is 24.3 Å². The molecule has 1 rings (SSSR count). The summed E-state index contributed by atoms with van der Waals surface area (Å²) >= 11 is 5.47. The van der Waals surface area contributed by atoms with Crippen molar-refractivity contribution >= 4 is 131 Å². The second-order valence-electron chi connectivity index (χ2n) is 21.7. The van der Waals surface area contributed by atoms with Crippen LogP contribution in [0, 0.1) is 5.92 Å². The molecule has 0 spiro atoms. The Bertz CT molecular complexity index is 2920. The highest BCUT2D eigenvalue weighted by molar-refractivity contribution is 7.98. The van der Waals surface area contributed by atoms with Crippen LogP contribution in [0.5, 0.6) is 5.75 Å². The molecule has 0 aliphatic carbocycles. The molecule has 0 aliphatic rings. The van der Waals surface area contributed by atoms with Gasteiger partial charge >= 0.3 is 23.9 Å². The molecule has 0 unspecified atom stereocenters.